The first kappa shape index (κ1) is 17.0. The normalized spacial score (nSPS) is 34.3. The Morgan fingerprint density at radius 2 is 2.06 bits per heavy atom. The molecule has 6 heteroatoms. The molecule has 1 fully saturated rings. The van der Waals surface area contributed by atoms with Crippen molar-refractivity contribution in [1.29, 1.82) is 0 Å². The summed E-state index contributed by atoms with van der Waals surface area (Å²) in [5.74, 6) is -1.20. The molecule has 1 saturated carbocycles. The van der Waals surface area contributed by atoms with Crippen LogP contribution in [0.15, 0.2) is 0 Å². The Morgan fingerprint density at radius 1 is 1.53 bits per heavy atom. The van der Waals surface area contributed by atoms with E-state index in [2.05, 4.69) is 4.74 Å². The molecule has 0 bridgehead atoms. The van der Waals surface area contributed by atoms with Crippen LogP contribution in [0.4, 0.5) is 0 Å². The van der Waals surface area contributed by atoms with Crippen LogP contribution in [-0.2, 0) is 30.6 Å². The Kier molecular flexibility index (Phi) is 6.85. The van der Waals surface area contributed by atoms with Gasteiger partial charge in [-0.3, -0.25) is 4.79 Å². The Bertz CT molecular complexity index is 263. The quantitative estimate of drug-likeness (QED) is 0.661. The maximum atomic E-state index is 11.4. The van der Waals surface area contributed by atoms with E-state index in [1.807, 2.05) is 13.8 Å². The van der Waals surface area contributed by atoms with Gasteiger partial charge in [0.05, 0.1) is 19.1 Å². The summed E-state index contributed by atoms with van der Waals surface area (Å²) in [6, 6.07) is -0.747. The van der Waals surface area contributed by atoms with Crippen molar-refractivity contribution in [1.82, 2.24) is 0 Å². The minimum Gasteiger partial charge on any atom is -0.674 e. The number of nitrogens with two attached hydrogens (primary N) is 1. The van der Waals surface area contributed by atoms with E-state index in [0.717, 1.165) is 0 Å². The van der Waals surface area contributed by atoms with Gasteiger partial charge in [-0.15, -0.1) is 6.04 Å². The Labute approximate surface area is 117 Å². The second-order valence-corrected chi connectivity index (χ2v) is 4.86. The van der Waals surface area contributed by atoms with Crippen LogP contribution in [0, 0.1) is 17.8 Å². The van der Waals surface area contributed by atoms with Crippen LogP contribution in [-0.4, -0.2) is 36.4 Å². The fourth-order valence-corrected chi connectivity index (χ4v) is 2.40. The summed E-state index contributed by atoms with van der Waals surface area (Å²) in [5.41, 5.74) is 13.9. The standard InChI is InChI=1S/C11H21N2O3.W/c1-5(2)9(13)8-7(12)4-6(10(8)14)11(15)16-3;/h5-10,12,14H,4,13H2,1-3H3;/q-1;/t6?,7?,8-,9?,10?;/m1./s1. The zero-order valence-corrected chi connectivity index (χ0v) is 13.4. The summed E-state index contributed by atoms with van der Waals surface area (Å²) in [6.07, 6.45) is -0.522. The zero-order valence-electron chi connectivity index (χ0n) is 10.4. The molecule has 100 valence electrons. The number of esters is 1. The predicted molar refractivity (Wildman–Crippen MR) is 60.5 cm³/mol. The average molecular weight is 413 g/mol. The summed E-state index contributed by atoms with van der Waals surface area (Å²) < 4.78 is 4.62. The summed E-state index contributed by atoms with van der Waals surface area (Å²) in [7, 11) is 1.30. The van der Waals surface area contributed by atoms with Crippen molar-refractivity contribution in [2.45, 2.75) is 38.5 Å². The molecule has 0 spiro atoms. The van der Waals surface area contributed by atoms with E-state index in [1.54, 1.807) is 0 Å². The van der Waals surface area contributed by atoms with Crippen LogP contribution in [0.25, 0.3) is 5.73 Å². The van der Waals surface area contributed by atoms with Gasteiger partial charge in [0.1, 0.15) is 0 Å². The van der Waals surface area contributed by atoms with Gasteiger partial charge < -0.3 is 21.3 Å². The van der Waals surface area contributed by atoms with Crippen molar-refractivity contribution in [3.63, 3.8) is 0 Å². The van der Waals surface area contributed by atoms with E-state index < -0.39 is 24.0 Å². The molecule has 0 radical (unpaired) electrons. The minimum atomic E-state index is -0.854. The summed E-state index contributed by atoms with van der Waals surface area (Å²) >= 11 is 0. The summed E-state index contributed by atoms with van der Waals surface area (Å²) in [6.45, 7) is 3.91. The monoisotopic (exact) mass is 413 g/mol. The second-order valence-electron chi connectivity index (χ2n) is 4.86. The molecule has 0 saturated heterocycles. The number of aliphatic hydroxyl groups is 1. The minimum absolute atomic E-state index is 0. The Morgan fingerprint density at radius 3 is 2.47 bits per heavy atom. The predicted octanol–water partition coefficient (Wildman–Crippen LogP) is 0.558. The molecular formula is C11H21N2O3W-. The van der Waals surface area contributed by atoms with Crippen molar-refractivity contribution in [2.24, 2.45) is 23.5 Å². The molecule has 5 nitrogen and oxygen atoms in total. The number of carbonyl (C=O) groups is 1. The van der Waals surface area contributed by atoms with Gasteiger partial charge in [-0.05, 0) is 11.8 Å². The number of aliphatic hydroxyl groups excluding tert-OH is 1. The van der Waals surface area contributed by atoms with Crippen molar-refractivity contribution in [2.75, 3.05) is 7.11 Å². The molecule has 1 aliphatic rings. The SMILES string of the molecule is COC(=O)C1CC([NH-])[C@H](C(N)C(C)C)C1O.[W]. The molecule has 0 aliphatic heterocycles. The molecule has 1 rings (SSSR count). The molecule has 4 unspecified atom stereocenters. The van der Waals surface area contributed by atoms with E-state index in [4.69, 9.17) is 11.5 Å². The van der Waals surface area contributed by atoms with Gasteiger partial charge in [-0.25, -0.2) is 0 Å². The van der Waals surface area contributed by atoms with Gasteiger partial charge in [-0.2, -0.15) is 0 Å². The molecule has 1 aliphatic carbocycles. The van der Waals surface area contributed by atoms with Gasteiger partial charge in [0.2, 0.25) is 0 Å². The van der Waals surface area contributed by atoms with E-state index in [-0.39, 0.29) is 38.9 Å². The zero-order chi connectivity index (χ0) is 12.5. The third kappa shape index (κ3) is 3.50. The number of rotatable bonds is 3. The van der Waals surface area contributed by atoms with Crippen molar-refractivity contribution in [3.8, 4) is 0 Å². The van der Waals surface area contributed by atoms with Crippen LogP contribution in [0.1, 0.15) is 20.3 Å². The third-order valence-electron chi connectivity index (χ3n) is 3.50. The number of hydrogen-bond acceptors (Lipinski definition) is 4. The van der Waals surface area contributed by atoms with Crippen LogP contribution in [0.5, 0.6) is 0 Å². The summed E-state index contributed by atoms with van der Waals surface area (Å²) in [4.78, 5) is 11.4. The van der Waals surface area contributed by atoms with Gasteiger partial charge in [0.25, 0.3) is 0 Å². The van der Waals surface area contributed by atoms with Gasteiger partial charge >= 0.3 is 5.97 Å². The van der Waals surface area contributed by atoms with Gasteiger partial charge in [0.15, 0.2) is 0 Å². The topological polar surface area (TPSA) is 96.4 Å². The number of methoxy groups -OCH3 is 1. The first-order valence-corrected chi connectivity index (χ1v) is 5.62. The second kappa shape index (κ2) is 6.83. The maximum Gasteiger partial charge on any atom is 0.311 e. The van der Waals surface area contributed by atoms with Crippen LogP contribution in [0.3, 0.4) is 0 Å². The van der Waals surface area contributed by atoms with Gasteiger partial charge in [-0.1, -0.05) is 20.3 Å². The molecule has 17 heavy (non-hydrogen) atoms. The first-order valence-electron chi connectivity index (χ1n) is 5.62. The molecule has 0 heterocycles. The smallest absolute Gasteiger partial charge is 0.311 e. The van der Waals surface area contributed by atoms with Crippen LogP contribution >= 0.6 is 0 Å². The third-order valence-corrected chi connectivity index (χ3v) is 3.50. The van der Waals surface area contributed by atoms with Crippen LogP contribution < -0.4 is 5.73 Å². The number of ether oxygens (including phenoxy) is 1. The van der Waals surface area contributed by atoms with Crippen LogP contribution in [0.2, 0.25) is 0 Å². The number of carbonyl (C=O) groups excluding carboxylic acids is 1. The number of nitrogens with one attached hydrogen (secondary N) is 1. The maximum absolute atomic E-state index is 11.4. The van der Waals surface area contributed by atoms with E-state index >= 15 is 0 Å². The Balaban J connectivity index is 0.00000256. The molecule has 4 N–H and O–H groups in total. The Hall–Kier alpha value is 0.0383. The first-order chi connectivity index (χ1) is 7.40. The van der Waals surface area contributed by atoms with E-state index in [0.29, 0.717) is 6.42 Å². The summed E-state index contributed by atoms with van der Waals surface area (Å²) in [5, 5.41) is 10.0. The molecule has 5 atom stereocenters. The van der Waals surface area contributed by atoms with Crippen molar-refractivity contribution in [3.05, 3.63) is 5.73 Å². The number of hydrogen-bond donors (Lipinski definition) is 2. The molecule has 0 aromatic carbocycles. The molecule has 0 aromatic heterocycles. The molecule has 0 amide bonds. The fourth-order valence-electron chi connectivity index (χ4n) is 2.40. The van der Waals surface area contributed by atoms with E-state index in [1.165, 1.54) is 7.11 Å². The van der Waals surface area contributed by atoms with Crippen molar-refractivity contribution >= 4 is 5.97 Å². The van der Waals surface area contributed by atoms with E-state index in [9.17, 15) is 9.90 Å². The average Bonchev–Trinajstić information content (AvgIpc) is 2.52. The molecular weight excluding hydrogens is 392 g/mol. The molecule has 0 aromatic rings. The van der Waals surface area contributed by atoms with Crippen molar-refractivity contribution < 1.29 is 35.7 Å². The van der Waals surface area contributed by atoms with Gasteiger partial charge in [0, 0.05) is 27.1 Å². The fraction of sp³-hybridized carbons (Fsp3) is 0.909. The largest absolute Gasteiger partial charge is 0.674 e.